The zero-order valence-electron chi connectivity index (χ0n) is 9.21. The van der Waals surface area contributed by atoms with Crippen LogP contribution in [0.5, 0.6) is 0 Å². The van der Waals surface area contributed by atoms with Crippen molar-refractivity contribution in [2.45, 2.75) is 37.1 Å². The predicted molar refractivity (Wildman–Crippen MR) is 63.5 cm³/mol. The molecule has 0 radical (unpaired) electrons. The molecule has 0 aliphatic carbocycles. The first-order valence-corrected chi connectivity index (χ1v) is 6.28. The van der Waals surface area contributed by atoms with E-state index in [2.05, 4.69) is 5.32 Å². The van der Waals surface area contributed by atoms with Crippen LogP contribution in [0.3, 0.4) is 0 Å². The van der Waals surface area contributed by atoms with Crippen LogP contribution in [-0.4, -0.2) is 40.7 Å². The molecule has 6 heteroatoms. The van der Waals surface area contributed by atoms with Gasteiger partial charge in [0.15, 0.2) is 4.84 Å². The van der Waals surface area contributed by atoms with Crippen molar-refractivity contribution in [2.75, 3.05) is 13.1 Å². The first-order chi connectivity index (χ1) is 7.54. The van der Waals surface area contributed by atoms with Crippen molar-refractivity contribution in [1.29, 1.82) is 0 Å². The summed E-state index contributed by atoms with van der Waals surface area (Å²) in [4.78, 5) is 23.3. The number of rotatable bonds is 3. The van der Waals surface area contributed by atoms with Crippen molar-refractivity contribution in [3.63, 3.8) is 0 Å². The van der Waals surface area contributed by atoms with E-state index in [9.17, 15) is 9.59 Å². The number of hydrogen-bond acceptors (Lipinski definition) is 2. The monoisotopic (exact) mass is 266 g/mol. The van der Waals surface area contributed by atoms with E-state index in [1.807, 2.05) is 6.92 Å². The van der Waals surface area contributed by atoms with E-state index in [1.165, 1.54) is 0 Å². The lowest BCUT2D eigenvalue weighted by Gasteiger charge is -2.32. The number of carbonyl (C=O) groups excluding carboxylic acids is 2. The molecule has 1 saturated heterocycles. The van der Waals surface area contributed by atoms with Crippen molar-refractivity contribution in [2.24, 2.45) is 0 Å². The zero-order valence-corrected chi connectivity index (χ0v) is 10.7. The molecule has 1 fully saturated rings. The van der Waals surface area contributed by atoms with Crippen LogP contribution in [0.2, 0.25) is 0 Å². The van der Waals surface area contributed by atoms with Crippen LogP contribution in [0, 0.1) is 0 Å². The Morgan fingerprint density at radius 3 is 2.38 bits per heavy atom. The van der Waals surface area contributed by atoms with Crippen LogP contribution < -0.4 is 5.32 Å². The van der Waals surface area contributed by atoms with E-state index in [4.69, 9.17) is 23.2 Å². The number of carbonyl (C=O) groups is 2. The van der Waals surface area contributed by atoms with Crippen LogP contribution in [0.1, 0.15) is 26.2 Å². The fourth-order valence-electron chi connectivity index (χ4n) is 1.71. The summed E-state index contributed by atoms with van der Waals surface area (Å²) in [7, 11) is 0. The summed E-state index contributed by atoms with van der Waals surface area (Å²) in [5.41, 5.74) is 0. The SMILES string of the molecule is CCC(=O)NC1CCN(C(=O)C(Cl)Cl)CC1. The smallest absolute Gasteiger partial charge is 0.255 e. The van der Waals surface area contributed by atoms with Gasteiger partial charge in [0.05, 0.1) is 0 Å². The molecule has 0 atom stereocenters. The molecule has 2 amide bonds. The molecule has 1 heterocycles. The molecule has 1 rings (SSSR count). The Balaban J connectivity index is 2.34. The second-order valence-electron chi connectivity index (χ2n) is 3.82. The maximum Gasteiger partial charge on any atom is 0.255 e. The van der Waals surface area contributed by atoms with Gasteiger partial charge in [0.1, 0.15) is 0 Å². The summed E-state index contributed by atoms with van der Waals surface area (Å²) in [6.45, 7) is 3.02. The fraction of sp³-hybridized carbons (Fsp3) is 0.800. The van der Waals surface area contributed by atoms with Crippen molar-refractivity contribution in [3.8, 4) is 0 Å². The standard InChI is InChI=1S/C10H16Cl2N2O2/c1-2-8(15)13-7-3-5-14(6-4-7)10(16)9(11)12/h7,9H,2-6H2,1H3,(H,13,15). The summed E-state index contributed by atoms with van der Waals surface area (Å²) in [5.74, 6) is -0.194. The van der Waals surface area contributed by atoms with Crippen molar-refractivity contribution >= 4 is 35.0 Å². The van der Waals surface area contributed by atoms with Crippen molar-refractivity contribution < 1.29 is 9.59 Å². The summed E-state index contributed by atoms with van der Waals surface area (Å²) in [6, 6.07) is 0.167. The third kappa shape index (κ3) is 3.83. The quantitative estimate of drug-likeness (QED) is 0.784. The van der Waals surface area contributed by atoms with Crippen LogP contribution in [0.15, 0.2) is 0 Å². The lowest BCUT2D eigenvalue weighted by molar-refractivity contribution is -0.130. The van der Waals surface area contributed by atoms with Gasteiger partial charge in [-0.1, -0.05) is 30.1 Å². The van der Waals surface area contributed by atoms with E-state index in [0.29, 0.717) is 19.5 Å². The molecule has 92 valence electrons. The summed E-state index contributed by atoms with van der Waals surface area (Å²) in [5, 5.41) is 2.91. The van der Waals surface area contributed by atoms with Crippen LogP contribution in [-0.2, 0) is 9.59 Å². The first kappa shape index (κ1) is 13.6. The van der Waals surface area contributed by atoms with Crippen LogP contribution >= 0.6 is 23.2 Å². The number of amides is 2. The normalized spacial score (nSPS) is 17.6. The third-order valence-electron chi connectivity index (χ3n) is 2.68. The summed E-state index contributed by atoms with van der Waals surface area (Å²) >= 11 is 11.0. The highest BCUT2D eigenvalue weighted by atomic mass is 35.5. The lowest BCUT2D eigenvalue weighted by Crippen LogP contribution is -2.47. The minimum absolute atomic E-state index is 0.0531. The van der Waals surface area contributed by atoms with Gasteiger partial charge in [-0.05, 0) is 12.8 Å². The molecule has 0 aromatic heterocycles. The van der Waals surface area contributed by atoms with Gasteiger partial charge in [-0.3, -0.25) is 9.59 Å². The van der Waals surface area contributed by atoms with E-state index < -0.39 is 4.84 Å². The Kier molecular flexibility index (Phi) is 5.35. The molecule has 1 aliphatic heterocycles. The minimum Gasteiger partial charge on any atom is -0.353 e. The topological polar surface area (TPSA) is 49.4 Å². The molecular formula is C10H16Cl2N2O2. The molecular weight excluding hydrogens is 251 g/mol. The number of hydrogen-bond donors (Lipinski definition) is 1. The van der Waals surface area contributed by atoms with Gasteiger partial charge in [-0.25, -0.2) is 0 Å². The van der Waals surface area contributed by atoms with E-state index in [-0.39, 0.29) is 17.9 Å². The first-order valence-electron chi connectivity index (χ1n) is 5.41. The average molecular weight is 267 g/mol. The minimum atomic E-state index is -0.984. The summed E-state index contributed by atoms with van der Waals surface area (Å²) < 4.78 is 0. The molecule has 0 spiro atoms. The van der Waals surface area contributed by atoms with Gasteiger partial charge in [-0.2, -0.15) is 0 Å². The Hall–Kier alpha value is -0.480. The third-order valence-corrected chi connectivity index (χ3v) is 3.05. The second-order valence-corrected chi connectivity index (χ2v) is 4.92. The van der Waals surface area contributed by atoms with Gasteiger partial charge in [0.2, 0.25) is 5.91 Å². The summed E-state index contributed by atoms with van der Waals surface area (Å²) in [6.07, 6.45) is 2.01. The van der Waals surface area contributed by atoms with Gasteiger partial charge < -0.3 is 10.2 Å². The largest absolute Gasteiger partial charge is 0.353 e. The highest BCUT2D eigenvalue weighted by Crippen LogP contribution is 2.14. The maximum absolute atomic E-state index is 11.5. The molecule has 0 aromatic carbocycles. The van der Waals surface area contributed by atoms with Crippen molar-refractivity contribution in [1.82, 2.24) is 10.2 Å². The lowest BCUT2D eigenvalue weighted by atomic mass is 10.0. The van der Waals surface area contributed by atoms with E-state index >= 15 is 0 Å². The molecule has 1 aliphatic rings. The molecule has 0 aromatic rings. The van der Waals surface area contributed by atoms with E-state index in [0.717, 1.165) is 12.8 Å². The van der Waals surface area contributed by atoms with Gasteiger partial charge in [0.25, 0.3) is 5.91 Å². The van der Waals surface area contributed by atoms with Gasteiger partial charge in [-0.15, -0.1) is 0 Å². The molecule has 0 saturated carbocycles. The fourth-order valence-corrected chi connectivity index (χ4v) is 1.99. The maximum atomic E-state index is 11.5. The number of nitrogens with one attached hydrogen (secondary N) is 1. The molecule has 0 unspecified atom stereocenters. The van der Waals surface area contributed by atoms with E-state index in [1.54, 1.807) is 4.90 Å². The van der Waals surface area contributed by atoms with Gasteiger partial charge in [0, 0.05) is 25.6 Å². The van der Waals surface area contributed by atoms with Crippen molar-refractivity contribution in [3.05, 3.63) is 0 Å². The number of likely N-dealkylation sites (tertiary alicyclic amines) is 1. The van der Waals surface area contributed by atoms with Gasteiger partial charge >= 0.3 is 0 Å². The Morgan fingerprint density at radius 2 is 1.94 bits per heavy atom. The molecule has 4 nitrogen and oxygen atoms in total. The Labute approximate surface area is 105 Å². The zero-order chi connectivity index (χ0) is 12.1. The number of halogens is 2. The number of alkyl halides is 2. The molecule has 1 N–H and O–H groups in total. The van der Waals surface area contributed by atoms with Crippen LogP contribution in [0.4, 0.5) is 0 Å². The highest BCUT2D eigenvalue weighted by Gasteiger charge is 2.26. The average Bonchev–Trinajstić information content (AvgIpc) is 2.28. The highest BCUT2D eigenvalue weighted by molar-refractivity contribution is 6.53. The number of nitrogens with zero attached hydrogens (tertiary/aromatic N) is 1. The Morgan fingerprint density at radius 1 is 1.38 bits per heavy atom. The van der Waals surface area contributed by atoms with Crippen LogP contribution in [0.25, 0.3) is 0 Å². The Bertz CT molecular complexity index is 264. The molecule has 0 bridgehead atoms. The predicted octanol–water partition coefficient (Wildman–Crippen LogP) is 1.31. The number of piperidine rings is 1. The second kappa shape index (κ2) is 6.30. The molecule has 16 heavy (non-hydrogen) atoms.